The summed E-state index contributed by atoms with van der Waals surface area (Å²) in [5, 5.41) is 3.53. The van der Waals surface area contributed by atoms with Crippen LogP contribution in [-0.4, -0.2) is 0 Å². The Morgan fingerprint density at radius 3 is 2.72 bits per heavy atom. The second kappa shape index (κ2) is 4.85. The summed E-state index contributed by atoms with van der Waals surface area (Å²) in [4.78, 5) is 0. The normalized spacial score (nSPS) is 13.4. The number of hydrogen-bond donors (Lipinski definition) is 1. The molecule has 0 aliphatic heterocycles. The molecule has 18 heavy (non-hydrogen) atoms. The number of hydrogen-bond acceptors (Lipinski definition) is 1. The Kier molecular flexibility index (Phi) is 3.06. The first-order valence-electron chi connectivity index (χ1n) is 6.73. The van der Waals surface area contributed by atoms with E-state index in [-0.39, 0.29) is 0 Å². The van der Waals surface area contributed by atoms with Crippen molar-refractivity contribution in [2.45, 2.75) is 32.7 Å². The molecule has 0 unspecified atom stereocenters. The molecule has 0 amide bonds. The van der Waals surface area contributed by atoms with Gasteiger partial charge in [-0.05, 0) is 60.6 Å². The van der Waals surface area contributed by atoms with E-state index in [9.17, 15) is 0 Å². The Hall–Kier alpha value is -1.76. The molecule has 0 aromatic heterocycles. The van der Waals surface area contributed by atoms with Crippen LogP contribution in [0.15, 0.2) is 42.5 Å². The fourth-order valence-electron chi connectivity index (χ4n) is 2.69. The first-order valence-corrected chi connectivity index (χ1v) is 6.73. The molecule has 0 spiro atoms. The van der Waals surface area contributed by atoms with Crippen molar-refractivity contribution in [3.63, 3.8) is 0 Å². The zero-order valence-corrected chi connectivity index (χ0v) is 10.9. The van der Waals surface area contributed by atoms with Gasteiger partial charge in [0.2, 0.25) is 0 Å². The zero-order chi connectivity index (χ0) is 12.4. The molecule has 0 saturated carbocycles. The molecule has 0 fully saturated rings. The maximum atomic E-state index is 3.53. The van der Waals surface area contributed by atoms with Crippen LogP contribution in [0.2, 0.25) is 0 Å². The molecule has 0 heterocycles. The fraction of sp³-hybridized carbons (Fsp3) is 0.294. The van der Waals surface area contributed by atoms with Gasteiger partial charge in [-0.15, -0.1) is 0 Å². The van der Waals surface area contributed by atoms with Crippen LogP contribution in [0.3, 0.4) is 0 Å². The maximum Gasteiger partial charge on any atom is 0.0403 e. The topological polar surface area (TPSA) is 12.0 Å². The molecule has 0 saturated heterocycles. The van der Waals surface area contributed by atoms with Gasteiger partial charge in [-0.3, -0.25) is 0 Å². The van der Waals surface area contributed by atoms with Crippen LogP contribution < -0.4 is 5.32 Å². The highest BCUT2D eigenvalue weighted by atomic mass is 14.9. The highest BCUT2D eigenvalue weighted by Gasteiger charge is 2.10. The summed E-state index contributed by atoms with van der Waals surface area (Å²) in [6.45, 7) is 3.07. The number of benzene rings is 2. The van der Waals surface area contributed by atoms with Crippen molar-refractivity contribution < 1.29 is 0 Å². The van der Waals surface area contributed by atoms with Gasteiger partial charge in [-0.1, -0.05) is 30.3 Å². The van der Waals surface area contributed by atoms with Gasteiger partial charge < -0.3 is 5.32 Å². The highest BCUT2D eigenvalue weighted by molar-refractivity contribution is 5.50. The molecular formula is C17H19N. The van der Waals surface area contributed by atoms with Gasteiger partial charge in [0, 0.05) is 12.2 Å². The van der Waals surface area contributed by atoms with Crippen molar-refractivity contribution in [1.29, 1.82) is 0 Å². The maximum absolute atomic E-state index is 3.53. The van der Waals surface area contributed by atoms with Crippen LogP contribution in [0.1, 0.15) is 28.7 Å². The zero-order valence-electron chi connectivity index (χ0n) is 10.9. The molecule has 1 aliphatic rings. The molecule has 3 rings (SSSR count). The molecule has 0 bridgehead atoms. The predicted octanol–water partition coefficient (Wildman–Crippen LogP) is 4.10. The van der Waals surface area contributed by atoms with E-state index in [0.717, 1.165) is 6.54 Å². The molecule has 1 nitrogen and oxygen atoms in total. The first kappa shape index (κ1) is 11.3. The number of fused-ring (bicyclic) bond motifs is 1. The number of anilines is 1. The Labute approximate surface area is 109 Å². The van der Waals surface area contributed by atoms with Crippen molar-refractivity contribution in [3.05, 3.63) is 64.7 Å². The van der Waals surface area contributed by atoms with Crippen LogP contribution >= 0.6 is 0 Å². The van der Waals surface area contributed by atoms with Gasteiger partial charge in [-0.2, -0.15) is 0 Å². The van der Waals surface area contributed by atoms with Crippen molar-refractivity contribution in [1.82, 2.24) is 0 Å². The van der Waals surface area contributed by atoms with Crippen LogP contribution in [0.4, 0.5) is 5.69 Å². The van der Waals surface area contributed by atoms with E-state index < -0.39 is 0 Å². The highest BCUT2D eigenvalue weighted by Crippen LogP contribution is 2.25. The van der Waals surface area contributed by atoms with Crippen molar-refractivity contribution in [3.8, 4) is 0 Å². The largest absolute Gasteiger partial charge is 0.381 e. The molecule has 2 aromatic rings. The molecule has 92 valence electrons. The van der Waals surface area contributed by atoms with E-state index in [1.54, 1.807) is 0 Å². The van der Waals surface area contributed by atoms with Gasteiger partial charge in [0.05, 0.1) is 0 Å². The van der Waals surface area contributed by atoms with Crippen molar-refractivity contribution in [2.24, 2.45) is 0 Å². The van der Waals surface area contributed by atoms with E-state index in [1.165, 1.54) is 47.2 Å². The quantitative estimate of drug-likeness (QED) is 0.847. The van der Waals surface area contributed by atoms with Crippen LogP contribution in [0, 0.1) is 6.92 Å². The van der Waals surface area contributed by atoms with Crippen LogP contribution in [0.25, 0.3) is 0 Å². The van der Waals surface area contributed by atoms with Crippen molar-refractivity contribution >= 4 is 5.69 Å². The van der Waals surface area contributed by atoms with Gasteiger partial charge in [0.25, 0.3) is 0 Å². The van der Waals surface area contributed by atoms with E-state index in [1.807, 2.05) is 0 Å². The monoisotopic (exact) mass is 237 g/mol. The molecule has 1 aliphatic carbocycles. The van der Waals surface area contributed by atoms with Crippen LogP contribution in [0.5, 0.6) is 0 Å². The lowest BCUT2D eigenvalue weighted by Crippen LogP contribution is -2.01. The van der Waals surface area contributed by atoms with E-state index in [2.05, 4.69) is 54.7 Å². The lowest BCUT2D eigenvalue weighted by atomic mass is 10.1. The summed E-state index contributed by atoms with van der Waals surface area (Å²) in [6, 6.07) is 15.4. The van der Waals surface area contributed by atoms with Gasteiger partial charge in [0.15, 0.2) is 0 Å². The molecule has 2 aromatic carbocycles. The lowest BCUT2D eigenvalue weighted by molar-refractivity contribution is 0.912. The number of nitrogens with one attached hydrogen (secondary N) is 1. The molecule has 1 heteroatoms. The standard InChI is InChI=1S/C17H19N/c1-13-5-2-3-6-16(13)12-18-17-10-9-14-7-4-8-15(14)11-17/h2-3,5-6,9-11,18H,4,7-8,12H2,1H3. The minimum atomic E-state index is 0.908. The minimum absolute atomic E-state index is 0.908. The second-order valence-corrected chi connectivity index (χ2v) is 5.12. The second-order valence-electron chi connectivity index (χ2n) is 5.12. The summed E-state index contributed by atoms with van der Waals surface area (Å²) < 4.78 is 0. The summed E-state index contributed by atoms with van der Waals surface area (Å²) in [5.41, 5.74) is 7.05. The van der Waals surface area contributed by atoms with Gasteiger partial charge in [-0.25, -0.2) is 0 Å². The average molecular weight is 237 g/mol. The summed E-state index contributed by atoms with van der Waals surface area (Å²) in [6.07, 6.45) is 3.82. The smallest absolute Gasteiger partial charge is 0.0403 e. The Balaban J connectivity index is 1.72. The Bertz CT molecular complexity index is 557. The Morgan fingerprint density at radius 2 is 1.83 bits per heavy atom. The molecule has 1 N–H and O–H groups in total. The van der Waals surface area contributed by atoms with Crippen LogP contribution in [-0.2, 0) is 19.4 Å². The molecular weight excluding hydrogens is 218 g/mol. The molecule has 0 atom stereocenters. The van der Waals surface area contributed by atoms with E-state index in [4.69, 9.17) is 0 Å². The van der Waals surface area contributed by atoms with Gasteiger partial charge in [0.1, 0.15) is 0 Å². The van der Waals surface area contributed by atoms with E-state index in [0.29, 0.717) is 0 Å². The summed E-state index contributed by atoms with van der Waals surface area (Å²) in [7, 11) is 0. The number of rotatable bonds is 3. The number of aryl methyl sites for hydroxylation is 3. The summed E-state index contributed by atoms with van der Waals surface area (Å²) >= 11 is 0. The molecule has 0 radical (unpaired) electrons. The van der Waals surface area contributed by atoms with Crippen molar-refractivity contribution in [2.75, 3.05) is 5.32 Å². The lowest BCUT2D eigenvalue weighted by Gasteiger charge is -2.10. The SMILES string of the molecule is Cc1ccccc1CNc1ccc2c(c1)CCC2. The van der Waals surface area contributed by atoms with Gasteiger partial charge >= 0.3 is 0 Å². The predicted molar refractivity (Wildman–Crippen MR) is 77.0 cm³/mol. The first-order chi connectivity index (χ1) is 8.83. The van der Waals surface area contributed by atoms with E-state index >= 15 is 0 Å². The Morgan fingerprint density at radius 1 is 1.00 bits per heavy atom. The average Bonchev–Trinajstić information content (AvgIpc) is 2.85. The third-order valence-corrected chi connectivity index (χ3v) is 3.84. The fourth-order valence-corrected chi connectivity index (χ4v) is 2.69. The minimum Gasteiger partial charge on any atom is -0.381 e. The summed E-state index contributed by atoms with van der Waals surface area (Å²) in [5.74, 6) is 0. The third kappa shape index (κ3) is 2.26. The third-order valence-electron chi connectivity index (χ3n) is 3.84.